The van der Waals surface area contributed by atoms with Gasteiger partial charge in [-0.2, -0.15) is 9.40 Å². The fourth-order valence-electron chi connectivity index (χ4n) is 3.87. The molecule has 1 aliphatic rings. The van der Waals surface area contributed by atoms with Crippen LogP contribution >= 0.6 is 23.4 Å². The number of nitrogens with zero attached hydrogens (tertiary/aromatic N) is 3. The molecule has 1 fully saturated rings. The number of sulfonamides is 1. The van der Waals surface area contributed by atoms with Gasteiger partial charge in [0.1, 0.15) is 6.04 Å². The largest absolute Gasteiger partial charge is 0.271 e. The van der Waals surface area contributed by atoms with Crippen LogP contribution in [0.3, 0.4) is 0 Å². The lowest BCUT2D eigenvalue weighted by Crippen LogP contribution is -2.43. The molecule has 0 amide bonds. The van der Waals surface area contributed by atoms with E-state index in [4.69, 9.17) is 11.6 Å². The minimum Gasteiger partial charge on any atom is -0.271 e. The van der Waals surface area contributed by atoms with Crippen molar-refractivity contribution in [2.45, 2.75) is 54.3 Å². The molecule has 0 unspecified atom stereocenters. The van der Waals surface area contributed by atoms with E-state index in [0.29, 0.717) is 30.1 Å². The lowest BCUT2D eigenvalue weighted by atomic mass is 10.2. The van der Waals surface area contributed by atoms with Crippen molar-refractivity contribution >= 4 is 39.3 Å². The number of rotatable bonds is 5. The highest BCUT2D eigenvalue weighted by Gasteiger charge is 2.41. The molecule has 1 aromatic heterocycles. The Balaban J connectivity index is 1.62. The third kappa shape index (κ3) is 4.37. The van der Waals surface area contributed by atoms with E-state index in [2.05, 4.69) is 5.10 Å². The summed E-state index contributed by atoms with van der Waals surface area (Å²) in [6, 6.07) is 13.4. The summed E-state index contributed by atoms with van der Waals surface area (Å²) in [7, 11) is -3.77. The van der Waals surface area contributed by atoms with Gasteiger partial charge in [0, 0.05) is 16.5 Å². The summed E-state index contributed by atoms with van der Waals surface area (Å²) in [6.45, 7) is 5.91. The fraction of sp³-hybridized carbons (Fsp3) is 0.304. The third-order valence-corrected chi connectivity index (χ3v) is 9.06. The summed E-state index contributed by atoms with van der Waals surface area (Å²) in [5, 5.41) is 5.13. The Morgan fingerprint density at radius 3 is 2.38 bits per heavy atom. The van der Waals surface area contributed by atoms with Gasteiger partial charge in [-0.3, -0.25) is 4.79 Å². The number of hydrogen-bond acceptors (Lipinski definition) is 5. The van der Waals surface area contributed by atoms with E-state index in [0.717, 1.165) is 21.0 Å². The topological polar surface area (TPSA) is 72.3 Å². The van der Waals surface area contributed by atoms with Gasteiger partial charge >= 0.3 is 0 Å². The Morgan fingerprint density at radius 2 is 1.72 bits per heavy atom. The van der Waals surface area contributed by atoms with Crippen LogP contribution in [0.25, 0.3) is 0 Å². The van der Waals surface area contributed by atoms with E-state index in [1.54, 1.807) is 24.3 Å². The highest BCUT2D eigenvalue weighted by Crippen LogP contribution is 2.34. The van der Waals surface area contributed by atoms with Crippen LogP contribution in [0.5, 0.6) is 0 Å². The maximum absolute atomic E-state index is 13.4. The molecule has 6 nitrogen and oxygen atoms in total. The molecule has 0 aliphatic carbocycles. The lowest BCUT2D eigenvalue weighted by molar-refractivity contribution is 0.0813. The normalized spacial score (nSPS) is 17.1. The molecule has 0 radical (unpaired) electrons. The second kappa shape index (κ2) is 9.02. The first-order chi connectivity index (χ1) is 15.2. The van der Waals surface area contributed by atoms with Crippen LogP contribution in [0.15, 0.2) is 63.2 Å². The van der Waals surface area contributed by atoms with Crippen LogP contribution in [0.4, 0.5) is 0 Å². The van der Waals surface area contributed by atoms with Gasteiger partial charge in [-0.15, -0.1) is 0 Å². The van der Waals surface area contributed by atoms with Gasteiger partial charge < -0.3 is 0 Å². The first kappa shape index (κ1) is 23.0. The van der Waals surface area contributed by atoms with Gasteiger partial charge in [-0.1, -0.05) is 41.1 Å². The van der Waals surface area contributed by atoms with E-state index in [1.807, 2.05) is 45.0 Å². The van der Waals surface area contributed by atoms with E-state index in [9.17, 15) is 13.2 Å². The van der Waals surface area contributed by atoms with Crippen LogP contribution in [0, 0.1) is 20.8 Å². The maximum Gasteiger partial charge on any atom is 0.265 e. The van der Waals surface area contributed by atoms with Crippen LogP contribution < -0.4 is 0 Å². The summed E-state index contributed by atoms with van der Waals surface area (Å²) in [5.41, 5.74) is 2.40. The molecular formula is C23H24ClN3O3S2. The predicted molar refractivity (Wildman–Crippen MR) is 126 cm³/mol. The van der Waals surface area contributed by atoms with Crippen molar-refractivity contribution in [3.05, 3.63) is 70.5 Å². The Kier molecular flexibility index (Phi) is 6.49. The number of hydrogen-bond donors (Lipinski definition) is 0. The van der Waals surface area contributed by atoms with E-state index in [1.165, 1.54) is 20.7 Å². The van der Waals surface area contributed by atoms with Crippen LogP contribution in [-0.4, -0.2) is 41.0 Å². The monoisotopic (exact) mass is 489 g/mol. The Bertz CT molecular complexity index is 1250. The molecule has 1 saturated heterocycles. The maximum atomic E-state index is 13.4. The molecule has 3 aromatic rings. The molecule has 9 heteroatoms. The second-order valence-electron chi connectivity index (χ2n) is 7.89. The standard InChI is InChI=1S/C23H24ClN3O3S2/c1-15-6-12-20(13-7-15)32(29,30)26-14-4-5-21(26)23(28)27-17(3)22(16(2)25-27)31-19-10-8-18(24)9-11-19/h6-13,21H,4-5,14H2,1-3H3/t21-/m0/s1. The minimum atomic E-state index is -3.77. The van der Waals surface area contributed by atoms with Gasteiger partial charge in [-0.25, -0.2) is 13.1 Å². The summed E-state index contributed by atoms with van der Waals surface area (Å²) >= 11 is 7.48. The molecule has 32 heavy (non-hydrogen) atoms. The van der Waals surface area contributed by atoms with Gasteiger partial charge in [-0.05, 0) is 70.0 Å². The van der Waals surface area contributed by atoms with Gasteiger partial charge in [0.25, 0.3) is 5.91 Å². The third-order valence-electron chi connectivity index (χ3n) is 5.58. The average molecular weight is 490 g/mol. The van der Waals surface area contributed by atoms with Crippen molar-refractivity contribution in [3.8, 4) is 0 Å². The number of aryl methyl sites for hydroxylation is 2. The van der Waals surface area contributed by atoms with E-state index < -0.39 is 16.1 Å². The van der Waals surface area contributed by atoms with Crippen molar-refractivity contribution in [1.29, 1.82) is 0 Å². The highest BCUT2D eigenvalue weighted by molar-refractivity contribution is 7.99. The smallest absolute Gasteiger partial charge is 0.265 e. The van der Waals surface area contributed by atoms with Crippen LogP contribution in [-0.2, 0) is 10.0 Å². The van der Waals surface area contributed by atoms with Crippen molar-refractivity contribution < 1.29 is 13.2 Å². The van der Waals surface area contributed by atoms with E-state index in [-0.39, 0.29) is 10.8 Å². The Labute approximate surface area is 197 Å². The zero-order valence-corrected chi connectivity index (χ0v) is 20.5. The highest BCUT2D eigenvalue weighted by atomic mass is 35.5. The molecule has 4 rings (SSSR count). The molecule has 0 saturated carbocycles. The molecule has 2 heterocycles. The molecule has 0 bridgehead atoms. The molecule has 2 aromatic carbocycles. The predicted octanol–water partition coefficient (Wildman–Crippen LogP) is 5.11. The van der Waals surface area contributed by atoms with Crippen molar-refractivity contribution in [2.75, 3.05) is 6.54 Å². The molecule has 0 spiro atoms. The average Bonchev–Trinajstić information content (AvgIpc) is 3.36. The molecule has 0 N–H and O–H groups in total. The van der Waals surface area contributed by atoms with Crippen molar-refractivity contribution in [1.82, 2.24) is 14.1 Å². The zero-order valence-electron chi connectivity index (χ0n) is 18.1. The van der Waals surface area contributed by atoms with Gasteiger partial charge in [0.05, 0.1) is 21.2 Å². The second-order valence-corrected chi connectivity index (χ2v) is 11.3. The SMILES string of the molecule is Cc1ccc(S(=O)(=O)N2CCC[C@H]2C(=O)n2nc(C)c(Sc3ccc(Cl)cc3)c2C)cc1. The summed E-state index contributed by atoms with van der Waals surface area (Å²) < 4.78 is 29.2. The fourth-order valence-corrected chi connectivity index (χ4v) is 6.58. The number of halogens is 1. The van der Waals surface area contributed by atoms with Crippen molar-refractivity contribution in [3.63, 3.8) is 0 Å². The Hall–Kier alpha value is -2.13. The van der Waals surface area contributed by atoms with Crippen LogP contribution in [0.2, 0.25) is 5.02 Å². The molecule has 1 aliphatic heterocycles. The first-order valence-corrected chi connectivity index (χ1v) is 12.9. The zero-order chi connectivity index (χ0) is 23.0. The van der Waals surface area contributed by atoms with Gasteiger partial charge in [0.2, 0.25) is 10.0 Å². The number of carbonyl (C=O) groups excluding carboxylic acids is 1. The molecular weight excluding hydrogens is 466 g/mol. The van der Waals surface area contributed by atoms with Crippen molar-refractivity contribution in [2.24, 2.45) is 0 Å². The van der Waals surface area contributed by atoms with Gasteiger partial charge in [0.15, 0.2) is 0 Å². The minimum absolute atomic E-state index is 0.204. The van der Waals surface area contributed by atoms with Crippen LogP contribution in [0.1, 0.15) is 34.6 Å². The Morgan fingerprint density at radius 1 is 1.06 bits per heavy atom. The summed E-state index contributed by atoms with van der Waals surface area (Å²) in [5.74, 6) is -0.318. The summed E-state index contributed by atoms with van der Waals surface area (Å²) in [6.07, 6.45) is 1.11. The number of aromatic nitrogens is 2. The molecule has 1 atom stereocenters. The quantitative estimate of drug-likeness (QED) is 0.498. The molecule has 168 valence electrons. The summed E-state index contributed by atoms with van der Waals surface area (Å²) in [4.78, 5) is 15.5. The number of benzene rings is 2. The first-order valence-electron chi connectivity index (χ1n) is 10.3. The lowest BCUT2D eigenvalue weighted by Gasteiger charge is -2.23. The number of carbonyl (C=O) groups is 1. The van der Waals surface area contributed by atoms with E-state index >= 15 is 0 Å².